The smallest absolute Gasteiger partial charge is 0.338 e. The second-order valence-electron chi connectivity index (χ2n) is 7.18. The molecule has 1 fully saturated rings. The largest absolute Gasteiger partial charge is 0.462 e. The first-order valence-electron chi connectivity index (χ1n) is 10.1. The molecular weight excluding hydrogens is 404 g/mol. The fourth-order valence-corrected chi connectivity index (χ4v) is 4.52. The molecule has 1 N–H and O–H groups in total. The van der Waals surface area contributed by atoms with Crippen LogP contribution in [0.1, 0.15) is 34.5 Å². The maximum atomic E-state index is 12.9. The van der Waals surface area contributed by atoms with Crippen LogP contribution >= 0.6 is 0 Å². The monoisotopic (exact) mass is 432 g/mol. The number of carbonyl (C=O) groups excluding carboxylic acids is 1. The minimum atomic E-state index is -3.73. The van der Waals surface area contributed by atoms with Gasteiger partial charge >= 0.3 is 5.97 Å². The highest BCUT2D eigenvalue weighted by atomic mass is 32.2. The zero-order valence-corrected chi connectivity index (χ0v) is 18.2. The number of aryl methyl sites for hydroxylation is 1. The third-order valence-electron chi connectivity index (χ3n) is 5.06. The van der Waals surface area contributed by atoms with Gasteiger partial charge in [0.15, 0.2) is 0 Å². The maximum Gasteiger partial charge on any atom is 0.338 e. The van der Waals surface area contributed by atoms with Gasteiger partial charge < -0.3 is 9.47 Å². The van der Waals surface area contributed by atoms with Gasteiger partial charge in [0.25, 0.3) is 0 Å². The molecule has 0 amide bonds. The molecule has 0 aliphatic carbocycles. The van der Waals surface area contributed by atoms with Crippen molar-refractivity contribution in [1.82, 2.24) is 9.62 Å². The molecule has 1 atom stereocenters. The second kappa shape index (κ2) is 10.2. The van der Waals surface area contributed by atoms with E-state index in [0.29, 0.717) is 18.8 Å². The number of ether oxygens (including phenoxy) is 2. The summed E-state index contributed by atoms with van der Waals surface area (Å²) in [5.41, 5.74) is 2.52. The fraction of sp³-hybridized carbons (Fsp3) is 0.409. The molecule has 8 heteroatoms. The summed E-state index contributed by atoms with van der Waals surface area (Å²) in [4.78, 5) is 14.1. The van der Waals surface area contributed by atoms with Gasteiger partial charge in [-0.2, -0.15) is 0 Å². The van der Waals surface area contributed by atoms with Gasteiger partial charge in [-0.25, -0.2) is 17.9 Å². The van der Waals surface area contributed by atoms with Crippen LogP contribution in [-0.2, 0) is 19.5 Å². The van der Waals surface area contributed by atoms with E-state index in [0.717, 1.165) is 24.2 Å². The molecule has 162 valence electrons. The summed E-state index contributed by atoms with van der Waals surface area (Å²) >= 11 is 0. The van der Waals surface area contributed by atoms with E-state index >= 15 is 0 Å². The van der Waals surface area contributed by atoms with E-state index in [9.17, 15) is 13.2 Å². The van der Waals surface area contributed by atoms with Crippen LogP contribution in [0, 0.1) is 6.92 Å². The van der Waals surface area contributed by atoms with Crippen molar-refractivity contribution in [2.75, 3.05) is 39.5 Å². The van der Waals surface area contributed by atoms with Gasteiger partial charge in [-0.3, -0.25) is 4.90 Å². The van der Waals surface area contributed by atoms with Crippen molar-refractivity contribution in [3.8, 4) is 0 Å². The number of hydrogen-bond acceptors (Lipinski definition) is 6. The Balaban J connectivity index is 1.75. The van der Waals surface area contributed by atoms with Gasteiger partial charge in [0, 0.05) is 25.7 Å². The first kappa shape index (κ1) is 22.4. The Hall–Kier alpha value is -2.26. The lowest BCUT2D eigenvalue weighted by molar-refractivity contribution is 0.0172. The Labute approximate surface area is 178 Å². The first-order valence-corrected chi connectivity index (χ1v) is 11.5. The molecule has 1 aliphatic rings. The molecular formula is C22H28N2O5S. The van der Waals surface area contributed by atoms with Crippen LogP contribution in [0.15, 0.2) is 53.4 Å². The predicted molar refractivity (Wildman–Crippen MR) is 114 cm³/mol. The van der Waals surface area contributed by atoms with Crippen molar-refractivity contribution >= 4 is 16.0 Å². The van der Waals surface area contributed by atoms with E-state index in [4.69, 9.17) is 9.47 Å². The lowest BCUT2D eigenvalue weighted by Crippen LogP contribution is -2.43. The van der Waals surface area contributed by atoms with Crippen molar-refractivity contribution in [3.63, 3.8) is 0 Å². The van der Waals surface area contributed by atoms with Gasteiger partial charge in [-0.1, -0.05) is 29.8 Å². The van der Waals surface area contributed by atoms with Crippen LogP contribution in [0.3, 0.4) is 0 Å². The summed E-state index contributed by atoms with van der Waals surface area (Å²) in [5, 5.41) is 0. The van der Waals surface area contributed by atoms with Crippen molar-refractivity contribution < 1.29 is 22.7 Å². The first-order chi connectivity index (χ1) is 14.4. The molecule has 1 heterocycles. The molecule has 1 unspecified atom stereocenters. The van der Waals surface area contributed by atoms with Crippen LogP contribution in [0.2, 0.25) is 0 Å². The predicted octanol–water partition coefficient (Wildman–Crippen LogP) is 2.52. The number of rotatable bonds is 8. The summed E-state index contributed by atoms with van der Waals surface area (Å²) < 4.78 is 38.8. The minimum absolute atomic E-state index is 0.0950. The number of sulfonamides is 1. The number of carbonyl (C=O) groups is 1. The number of nitrogens with one attached hydrogen (secondary N) is 1. The van der Waals surface area contributed by atoms with E-state index in [1.807, 2.05) is 25.1 Å². The van der Waals surface area contributed by atoms with E-state index in [1.165, 1.54) is 24.3 Å². The van der Waals surface area contributed by atoms with Crippen LogP contribution in [0.4, 0.5) is 0 Å². The number of hydrogen-bond donors (Lipinski definition) is 1. The maximum absolute atomic E-state index is 12.9. The number of esters is 1. The third kappa shape index (κ3) is 5.66. The topological polar surface area (TPSA) is 84.9 Å². The second-order valence-corrected chi connectivity index (χ2v) is 8.94. The average molecular weight is 433 g/mol. The molecule has 0 radical (unpaired) electrons. The summed E-state index contributed by atoms with van der Waals surface area (Å²) in [6.45, 7) is 7.00. The number of morpholine rings is 1. The van der Waals surface area contributed by atoms with Crippen LogP contribution in [0.5, 0.6) is 0 Å². The van der Waals surface area contributed by atoms with Crippen molar-refractivity contribution in [2.45, 2.75) is 24.8 Å². The molecule has 7 nitrogen and oxygen atoms in total. The molecule has 1 aliphatic heterocycles. The Kier molecular flexibility index (Phi) is 7.60. The molecule has 0 saturated carbocycles. The Bertz CT molecular complexity index is 954. The molecule has 0 spiro atoms. The van der Waals surface area contributed by atoms with Crippen molar-refractivity contribution in [1.29, 1.82) is 0 Å². The van der Waals surface area contributed by atoms with Gasteiger partial charge in [0.2, 0.25) is 10.0 Å². The average Bonchev–Trinajstić information content (AvgIpc) is 2.75. The Morgan fingerprint density at radius 3 is 2.50 bits per heavy atom. The molecule has 3 rings (SSSR count). The number of nitrogens with zero attached hydrogens (tertiary/aromatic N) is 1. The van der Waals surface area contributed by atoms with E-state index < -0.39 is 16.0 Å². The summed E-state index contributed by atoms with van der Waals surface area (Å²) in [5.74, 6) is -0.471. The summed E-state index contributed by atoms with van der Waals surface area (Å²) in [6.07, 6.45) is 0. The molecule has 30 heavy (non-hydrogen) atoms. The highest BCUT2D eigenvalue weighted by Crippen LogP contribution is 2.23. The molecule has 0 bridgehead atoms. The summed E-state index contributed by atoms with van der Waals surface area (Å²) in [7, 11) is -3.73. The van der Waals surface area contributed by atoms with Crippen LogP contribution < -0.4 is 4.72 Å². The van der Waals surface area contributed by atoms with Crippen LogP contribution in [-0.4, -0.2) is 58.7 Å². The highest BCUT2D eigenvalue weighted by molar-refractivity contribution is 7.89. The van der Waals surface area contributed by atoms with Crippen LogP contribution in [0.25, 0.3) is 0 Å². The quantitative estimate of drug-likeness (QED) is 0.646. The Morgan fingerprint density at radius 2 is 1.87 bits per heavy atom. The van der Waals surface area contributed by atoms with Gasteiger partial charge in [-0.05, 0) is 43.7 Å². The van der Waals surface area contributed by atoms with Crippen molar-refractivity contribution in [3.05, 3.63) is 65.2 Å². The van der Waals surface area contributed by atoms with E-state index in [-0.39, 0.29) is 24.1 Å². The molecule has 1 saturated heterocycles. The van der Waals surface area contributed by atoms with Crippen molar-refractivity contribution in [2.24, 2.45) is 0 Å². The summed E-state index contributed by atoms with van der Waals surface area (Å²) in [6, 6.07) is 13.8. The van der Waals surface area contributed by atoms with E-state index in [1.54, 1.807) is 6.92 Å². The molecule has 0 aromatic heterocycles. The highest BCUT2D eigenvalue weighted by Gasteiger charge is 2.25. The normalized spacial score (nSPS) is 16.2. The lowest BCUT2D eigenvalue weighted by atomic mass is 10.0. The molecule has 2 aromatic rings. The lowest BCUT2D eigenvalue weighted by Gasteiger charge is -2.35. The fourth-order valence-electron chi connectivity index (χ4n) is 3.48. The van der Waals surface area contributed by atoms with Gasteiger partial charge in [0.1, 0.15) is 0 Å². The SMILES string of the molecule is CCOC(=O)c1ccc(S(=O)(=O)NCC(c2cccc(C)c2)N2CCOCC2)cc1. The minimum Gasteiger partial charge on any atom is -0.462 e. The van der Waals surface area contributed by atoms with Gasteiger partial charge in [0.05, 0.1) is 30.3 Å². The number of benzene rings is 2. The Morgan fingerprint density at radius 1 is 1.17 bits per heavy atom. The standard InChI is InChI=1S/C22H28N2O5S/c1-3-29-22(25)18-7-9-20(10-8-18)30(26,27)23-16-21(24-11-13-28-14-12-24)19-6-4-5-17(2)15-19/h4-10,15,21,23H,3,11-14,16H2,1-2H3. The zero-order chi connectivity index (χ0) is 21.6. The molecule has 2 aromatic carbocycles. The van der Waals surface area contributed by atoms with E-state index in [2.05, 4.69) is 15.7 Å². The third-order valence-corrected chi connectivity index (χ3v) is 6.50. The van der Waals surface area contributed by atoms with Gasteiger partial charge in [-0.15, -0.1) is 0 Å². The zero-order valence-electron chi connectivity index (χ0n) is 17.3.